The summed E-state index contributed by atoms with van der Waals surface area (Å²) in [4.78, 5) is 16.4. The molecule has 4 nitrogen and oxygen atoms in total. The Kier molecular flexibility index (Phi) is 6.22. The molecule has 0 fully saturated rings. The number of hydrogen-bond donors (Lipinski definition) is 1. The van der Waals surface area contributed by atoms with Gasteiger partial charge in [-0.3, -0.25) is 4.79 Å². The fourth-order valence-electron chi connectivity index (χ4n) is 4.58. The van der Waals surface area contributed by atoms with Crippen LogP contribution in [0.1, 0.15) is 41.4 Å². The number of carboxylic acid groups (broad SMARTS) is 1. The minimum Gasteiger partial charge on any atom is -0.481 e. The van der Waals surface area contributed by atoms with E-state index in [4.69, 9.17) is 4.98 Å². The largest absolute Gasteiger partial charge is 0.481 e. The molecule has 0 saturated heterocycles. The van der Waals surface area contributed by atoms with Gasteiger partial charge in [-0.1, -0.05) is 97.9 Å². The minimum atomic E-state index is -0.776. The standard InChI is InChI=1S/C28H28N2O2/c1-3-22(27(31)32)19-26-21(2)30(20-29-26)28(23-13-7-4-8-14-23,24-15-9-5-10-16-24)25-17-11-6-12-18-25/h4-18,20,22H,3,19H2,1-2H3,(H,31,32). The highest BCUT2D eigenvalue weighted by Gasteiger charge is 2.39. The molecule has 0 aliphatic heterocycles. The molecule has 0 aliphatic carbocycles. The molecule has 0 spiro atoms. The van der Waals surface area contributed by atoms with Crippen LogP contribution in [0.25, 0.3) is 0 Å². The van der Waals surface area contributed by atoms with E-state index in [1.807, 2.05) is 38.4 Å². The van der Waals surface area contributed by atoms with Crippen LogP contribution in [-0.4, -0.2) is 20.6 Å². The van der Waals surface area contributed by atoms with E-state index in [0.29, 0.717) is 12.8 Å². The molecule has 0 bridgehead atoms. The van der Waals surface area contributed by atoms with Crippen molar-refractivity contribution in [3.8, 4) is 0 Å². The molecule has 1 aromatic heterocycles. The second-order valence-electron chi connectivity index (χ2n) is 8.10. The summed E-state index contributed by atoms with van der Waals surface area (Å²) in [6, 6.07) is 31.3. The van der Waals surface area contributed by atoms with E-state index in [9.17, 15) is 9.90 Å². The van der Waals surface area contributed by atoms with Gasteiger partial charge >= 0.3 is 5.97 Å². The first kappa shape index (κ1) is 21.6. The molecule has 1 atom stereocenters. The third-order valence-corrected chi connectivity index (χ3v) is 6.33. The SMILES string of the molecule is CCC(Cc1ncn(C(c2ccccc2)(c2ccccc2)c2ccccc2)c1C)C(=O)O. The third-order valence-electron chi connectivity index (χ3n) is 6.33. The normalized spacial score (nSPS) is 12.4. The van der Waals surface area contributed by atoms with Crippen LogP contribution < -0.4 is 0 Å². The Balaban J connectivity index is 2.01. The van der Waals surface area contributed by atoms with Crippen molar-refractivity contribution in [2.75, 3.05) is 0 Å². The first-order valence-electron chi connectivity index (χ1n) is 11.0. The van der Waals surface area contributed by atoms with Gasteiger partial charge in [0.2, 0.25) is 0 Å². The van der Waals surface area contributed by atoms with Gasteiger partial charge in [0.05, 0.1) is 17.9 Å². The number of benzene rings is 3. The van der Waals surface area contributed by atoms with Crippen molar-refractivity contribution in [3.05, 3.63) is 125 Å². The Hall–Kier alpha value is -3.66. The minimum absolute atomic E-state index is 0.416. The third kappa shape index (κ3) is 3.73. The first-order valence-corrected chi connectivity index (χ1v) is 11.0. The number of imidazole rings is 1. The molecule has 162 valence electrons. The van der Waals surface area contributed by atoms with E-state index in [2.05, 4.69) is 77.4 Å². The van der Waals surface area contributed by atoms with Crippen LogP contribution in [-0.2, 0) is 16.8 Å². The van der Waals surface area contributed by atoms with E-state index in [1.165, 1.54) is 0 Å². The smallest absolute Gasteiger partial charge is 0.306 e. The van der Waals surface area contributed by atoms with Crippen molar-refractivity contribution in [3.63, 3.8) is 0 Å². The number of carbonyl (C=O) groups is 1. The lowest BCUT2D eigenvalue weighted by atomic mass is 9.76. The van der Waals surface area contributed by atoms with Gasteiger partial charge in [0.1, 0.15) is 5.54 Å². The Bertz CT molecular complexity index is 1070. The van der Waals surface area contributed by atoms with Crippen LogP contribution in [0.5, 0.6) is 0 Å². The van der Waals surface area contributed by atoms with Gasteiger partial charge in [0.25, 0.3) is 0 Å². The molecule has 1 heterocycles. The number of carboxylic acids is 1. The van der Waals surface area contributed by atoms with E-state index in [-0.39, 0.29) is 0 Å². The van der Waals surface area contributed by atoms with Crippen LogP contribution in [0, 0.1) is 12.8 Å². The average Bonchev–Trinajstić information content (AvgIpc) is 3.20. The summed E-state index contributed by atoms with van der Waals surface area (Å²) >= 11 is 0. The van der Waals surface area contributed by atoms with Gasteiger partial charge in [0, 0.05) is 12.1 Å². The second-order valence-corrected chi connectivity index (χ2v) is 8.10. The molecule has 1 N–H and O–H groups in total. The Morgan fingerprint density at radius 1 is 0.875 bits per heavy atom. The molecule has 0 radical (unpaired) electrons. The highest BCUT2D eigenvalue weighted by atomic mass is 16.4. The number of hydrogen-bond acceptors (Lipinski definition) is 2. The van der Waals surface area contributed by atoms with Gasteiger partial charge in [0.15, 0.2) is 0 Å². The monoisotopic (exact) mass is 424 g/mol. The fraction of sp³-hybridized carbons (Fsp3) is 0.214. The van der Waals surface area contributed by atoms with Crippen molar-refractivity contribution >= 4 is 5.97 Å². The van der Waals surface area contributed by atoms with Crippen LogP contribution in [0.15, 0.2) is 97.3 Å². The molecule has 0 aliphatic rings. The average molecular weight is 425 g/mol. The van der Waals surface area contributed by atoms with E-state index in [1.54, 1.807) is 0 Å². The van der Waals surface area contributed by atoms with Gasteiger partial charge in [-0.2, -0.15) is 0 Å². The van der Waals surface area contributed by atoms with Crippen molar-refractivity contribution in [1.82, 2.24) is 9.55 Å². The van der Waals surface area contributed by atoms with Gasteiger partial charge in [-0.25, -0.2) is 4.98 Å². The van der Waals surface area contributed by atoms with Crippen LogP contribution >= 0.6 is 0 Å². The molecule has 4 rings (SSSR count). The van der Waals surface area contributed by atoms with Gasteiger partial charge in [-0.15, -0.1) is 0 Å². The maximum Gasteiger partial charge on any atom is 0.306 e. The topological polar surface area (TPSA) is 55.1 Å². The summed E-state index contributed by atoms with van der Waals surface area (Å²) in [7, 11) is 0. The van der Waals surface area contributed by atoms with Crippen molar-refractivity contribution in [1.29, 1.82) is 0 Å². The Morgan fingerprint density at radius 2 is 1.31 bits per heavy atom. The lowest BCUT2D eigenvalue weighted by molar-refractivity contribution is -0.141. The number of aliphatic carboxylic acids is 1. The quantitative estimate of drug-likeness (QED) is 0.370. The number of nitrogens with zero attached hydrogens (tertiary/aromatic N) is 2. The molecule has 0 amide bonds. The van der Waals surface area contributed by atoms with Crippen LogP contribution in [0.2, 0.25) is 0 Å². The number of aromatic nitrogens is 2. The predicted octanol–water partition coefficient (Wildman–Crippen LogP) is 5.69. The maximum atomic E-state index is 11.7. The molecule has 4 aromatic rings. The lowest BCUT2D eigenvalue weighted by Crippen LogP contribution is -2.38. The number of rotatable bonds is 8. The van der Waals surface area contributed by atoms with Crippen molar-refractivity contribution < 1.29 is 9.90 Å². The molecule has 1 unspecified atom stereocenters. The molecule has 3 aromatic carbocycles. The maximum absolute atomic E-state index is 11.7. The summed E-state index contributed by atoms with van der Waals surface area (Å²) in [5.74, 6) is -1.22. The van der Waals surface area contributed by atoms with Gasteiger partial charge in [-0.05, 0) is 30.0 Å². The zero-order valence-electron chi connectivity index (χ0n) is 18.5. The Morgan fingerprint density at radius 3 is 1.69 bits per heavy atom. The molecule has 32 heavy (non-hydrogen) atoms. The Labute approximate surface area is 189 Å². The van der Waals surface area contributed by atoms with Gasteiger partial charge < -0.3 is 9.67 Å². The molecular weight excluding hydrogens is 396 g/mol. The first-order chi connectivity index (χ1) is 15.6. The molecule has 0 saturated carbocycles. The summed E-state index contributed by atoms with van der Waals surface area (Å²) in [5, 5.41) is 9.59. The fourth-order valence-corrected chi connectivity index (χ4v) is 4.58. The van der Waals surface area contributed by atoms with Crippen molar-refractivity contribution in [2.24, 2.45) is 5.92 Å². The summed E-state index contributed by atoms with van der Waals surface area (Å²) in [6.07, 6.45) is 2.86. The second kappa shape index (κ2) is 9.23. The van der Waals surface area contributed by atoms with Crippen LogP contribution in [0.3, 0.4) is 0 Å². The zero-order valence-corrected chi connectivity index (χ0v) is 18.5. The van der Waals surface area contributed by atoms with Crippen LogP contribution in [0.4, 0.5) is 0 Å². The zero-order chi connectivity index (χ0) is 22.6. The van der Waals surface area contributed by atoms with E-state index >= 15 is 0 Å². The van der Waals surface area contributed by atoms with E-state index in [0.717, 1.165) is 28.1 Å². The van der Waals surface area contributed by atoms with Crippen molar-refractivity contribution in [2.45, 2.75) is 32.2 Å². The summed E-state index contributed by atoms with van der Waals surface area (Å²) < 4.78 is 2.21. The predicted molar refractivity (Wildman–Crippen MR) is 127 cm³/mol. The lowest BCUT2D eigenvalue weighted by Gasteiger charge is -2.38. The molecule has 4 heteroatoms. The van der Waals surface area contributed by atoms with E-state index < -0.39 is 17.4 Å². The summed E-state index contributed by atoms with van der Waals surface area (Å²) in [6.45, 7) is 3.95. The summed E-state index contributed by atoms with van der Waals surface area (Å²) in [5.41, 5.74) is 4.52. The highest BCUT2D eigenvalue weighted by Crippen LogP contribution is 2.42. The highest BCUT2D eigenvalue weighted by molar-refractivity contribution is 5.70. The molecular formula is C28H28N2O2.